The minimum absolute atomic E-state index is 0.0462. The number of aromatic nitrogens is 3. The first kappa shape index (κ1) is 18.7. The predicted molar refractivity (Wildman–Crippen MR) is 116 cm³/mol. The Bertz CT molecular complexity index is 1070. The van der Waals surface area contributed by atoms with Gasteiger partial charge in [0.05, 0.1) is 22.4 Å². The van der Waals surface area contributed by atoms with Crippen LogP contribution >= 0.6 is 23.1 Å². The first-order chi connectivity index (χ1) is 13.6. The number of hydrogen-bond donors (Lipinski definition) is 1. The lowest BCUT2D eigenvalue weighted by molar-refractivity contribution is -0.115. The molecule has 0 unspecified atom stereocenters. The third kappa shape index (κ3) is 3.95. The summed E-state index contributed by atoms with van der Waals surface area (Å²) in [6, 6.07) is 16.0. The molecule has 4 aromatic rings. The van der Waals surface area contributed by atoms with Crippen LogP contribution in [0.2, 0.25) is 0 Å². The van der Waals surface area contributed by atoms with Crippen molar-refractivity contribution in [2.24, 2.45) is 0 Å². The van der Waals surface area contributed by atoms with E-state index in [1.54, 1.807) is 23.6 Å². The average Bonchev–Trinajstić information content (AvgIpc) is 3.33. The monoisotopic (exact) mass is 408 g/mol. The van der Waals surface area contributed by atoms with Crippen LogP contribution in [0.15, 0.2) is 59.1 Å². The summed E-state index contributed by atoms with van der Waals surface area (Å²) in [4.78, 5) is 26.5. The number of hydrogen-bond acceptors (Lipinski definition) is 5. The second kappa shape index (κ2) is 8.16. The number of nitrogens with one attached hydrogen (secondary N) is 1. The molecular formula is C21H20N4OS2. The molecule has 4 rings (SSSR count). The van der Waals surface area contributed by atoms with Crippen LogP contribution in [0.1, 0.15) is 25.1 Å². The van der Waals surface area contributed by atoms with Gasteiger partial charge in [-0.15, -0.1) is 11.3 Å². The molecule has 5 nitrogen and oxygen atoms in total. The van der Waals surface area contributed by atoms with E-state index in [-0.39, 0.29) is 5.91 Å². The number of imidazole rings is 1. The highest BCUT2D eigenvalue weighted by Crippen LogP contribution is 2.31. The number of amides is 1. The Morgan fingerprint density at radius 3 is 2.64 bits per heavy atom. The number of aryl methyl sites for hydroxylation is 1. The molecule has 1 N–H and O–H groups in total. The second-order valence-electron chi connectivity index (χ2n) is 6.34. The molecule has 142 valence electrons. The maximum atomic E-state index is 12.3. The normalized spacial score (nSPS) is 11.1. The van der Waals surface area contributed by atoms with E-state index >= 15 is 0 Å². The van der Waals surface area contributed by atoms with E-state index in [2.05, 4.69) is 34.0 Å². The number of thioether (sulfide) groups is 1. The summed E-state index contributed by atoms with van der Waals surface area (Å²) in [5.41, 5.74) is 5.01. The summed E-state index contributed by atoms with van der Waals surface area (Å²) in [5, 5.41) is 3.56. The zero-order chi connectivity index (χ0) is 19.5. The Morgan fingerprint density at radius 1 is 1.14 bits per heavy atom. The van der Waals surface area contributed by atoms with Crippen LogP contribution < -0.4 is 4.90 Å². The number of H-pyrrole nitrogens is 1. The number of anilines is 2. The zero-order valence-corrected chi connectivity index (χ0v) is 17.3. The van der Waals surface area contributed by atoms with E-state index in [4.69, 9.17) is 0 Å². The molecule has 0 atom stereocenters. The first-order valence-corrected chi connectivity index (χ1v) is 10.9. The highest BCUT2D eigenvalue weighted by Gasteiger charge is 2.18. The SMILES string of the molecule is CCc1ccc(N(C(C)=O)c2nc(CSc3nc4ccccc4[nH]3)cs2)cc1. The molecule has 0 saturated heterocycles. The maximum Gasteiger partial charge on any atom is 0.230 e. The molecule has 0 aliphatic heterocycles. The van der Waals surface area contributed by atoms with E-state index in [1.165, 1.54) is 16.9 Å². The molecule has 0 fully saturated rings. The summed E-state index contributed by atoms with van der Waals surface area (Å²) in [6.45, 7) is 3.68. The van der Waals surface area contributed by atoms with Gasteiger partial charge in [-0.25, -0.2) is 9.97 Å². The predicted octanol–water partition coefficient (Wildman–Crippen LogP) is 5.56. The second-order valence-corrected chi connectivity index (χ2v) is 8.14. The zero-order valence-electron chi connectivity index (χ0n) is 15.7. The quantitative estimate of drug-likeness (QED) is 0.424. The standard InChI is InChI=1S/C21H20N4OS2/c1-3-15-8-10-17(11-9-15)25(14(2)26)21-22-16(13-28-21)12-27-20-23-18-6-4-5-7-19(18)24-20/h4-11,13H,3,12H2,1-2H3,(H,23,24). The van der Waals surface area contributed by atoms with Crippen molar-refractivity contribution in [3.63, 3.8) is 0 Å². The molecule has 2 heterocycles. The van der Waals surface area contributed by atoms with E-state index in [9.17, 15) is 4.79 Å². The van der Waals surface area contributed by atoms with Crippen molar-refractivity contribution < 1.29 is 4.79 Å². The number of thiazole rings is 1. The highest BCUT2D eigenvalue weighted by molar-refractivity contribution is 7.98. The van der Waals surface area contributed by atoms with E-state index in [1.807, 2.05) is 41.8 Å². The number of fused-ring (bicyclic) bond motifs is 1. The highest BCUT2D eigenvalue weighted by atomic mass is 32.2. The fraction of sp³-hybridized carbons (Fsp3) is 0.190. The number of carbonyl (C=O) groups is 1. The van der Waals surface area contributed by atoms with Gasteiger partial charge in [-0.2, -0.15) is 0 Å². The van der Waals surface area contributed by atoms with Gasteiger partial charge in [0, 0.05) is 18.1 Å². The molecular weight excluding hydrogens is 388 g/mol. The van der Waals surface area contributed by atoms with Crippen molar-refractivity contribution in [1.82, 2.24) is 15.0 Å². The summed E-state index contributed by atoms with van der Waals surface area (Å²) in [6.07, 6.45) is 0.973. The Morgan fingerprint density at radius 2 is 1.93 bits per heavy atom. The van der Waals surface area contributed by atoms with Gasteiger partial charge in [0.2, 0.25) is 5.91 Å². The van der Waals surface area contributed by atoms with Crippen molar-refractivity contribution in [3.05, 3.63) is 65.2 Å². The van der Waals surface area contributed by atoms with Crippen molar-refractivity contribution >= 4 is 50.9 Å². The van der Waals surface area contributed by atoms with Crippen LogP contribution in [0.3, 0.4) is 0 Å². The summed E-state index contributed by atoms with van der Waals surface area (Å²) in [5.74, 6) is 0.645. The van der Waals surface area contributed by atoms with Gasteiger partial charge in [0.25, 0.3) is 0 Å². The largest absolute Gasteiger partial charge is 0.333 e. The van der Waals surface area contributed by atoms with Gasteiger partial charge in [-0.05, 0) is 36.2 Å². The van der Waals surface area contributed by atoms with E-state index in [0.29, 0.717) is 10.9 Å². The summed E-state index contributed by atoms with van der Waals surface area (Å²) < 4.78 is 0. The number of benzene rings is 2. The number of nitrogens with zero attached hydrogens (tertiary/aromatic N) is 3. The van der Waals surface area contributed by atoms with Crippen molar-refractivity contribution in [1.29, 1.82) is 0 Å². The number of carbonyl (C=O) groups excluding carboxylic acids is 1. The van der Waals surface area contributed by atoms with Crippen molar-refractivity contribution in [3.8, 4) is 0 Å². The van der Waals surface area contributed by atoms with Crippen LogP contribution in [-0.4, -0.2) is 20.9 Å². The molecule has 0 radical (unpaired) electrons. The average molecular weight is 409 g/mol. The van der Waals surface area contributed by atoms with Crippen LogP contribution in [-0.2, 0) is 17.0 Å². The van der Waals surface area contributed by atoms with Crippen LogP contribution in [0.4, 0.5) is 10.8 Å². The molecule has 2 aromatic heterocycles. The molecule has 0 bridgehead atoms. The lowest BCUT2D eigenvalue weighted by Crippen LogP contribution is -2.22. The number of aromatic amines is 1. The first-order valence-electron chi connectivity index (χ1n) is 9.05. The Hall–Kier alpha value is -2.64. The Balaban J connectivity index is 1.50. The third-order valence-electron chi connectivity index (χ3n) is 4.37. The molecule has 0 aliphatic carbocycles. The summed E-state index contributed by atoms with van der Waals surface area (Å²) in [7, 11) is 0. The lowest BCUT2D eigenvalue weighted by atomic mass is 10.1. The van der Waals surface area contributed by atoms with Gasteiger partial charge in [0.15, 0.2) is 10.3 Å². The van der Waals surface area contributed by atoms with Gasteiger partial charge in [-0.1, -0.05) is 43.0 Å². The van der Waals surface area contributed by atoms with Crippen LogP contribution in [0.25, 0.3) is 11.0 Å². The number of para-hydroxylation sites is 2. The van der Waals surface area contributed by atoms with Gasteiger partial charge < -0.3 is 4.98 Å². The third-order valence-corrected chi connectivity index (χ3v) is 6.15. The maximum absolute atomic E-state index is 12.3. The Kier molecular flexibility index (Phi) is 5.45. The molecule has 0 saturated carbocycles. The molecule has 28 heavy (non-hydrogen) atoms. The van der Waals surface area contributed by atoms with Crippen LogP contribution in [0.5, 0.6) is 0 Å². The summed E-state index contributed by atoms with van der Waals surface area (Å²) >= 11 is 3.09. The number of rotatable bonds is 6. The minimum atomic E-state index is -0.0462. The molecule has 1 amide bonds. The topological polar surface area (TPSA) is 61.9 Å². The van der Waals surface area contributed by atoms with Crippen molar-refractivity contribution in [2.75, 3.05) is 4.90 Å². The minimum Gasteiger partial charge on any atom is -0.333 e. The van der Waals surface area contributed by atoms with Gasteiger partial charge in [0.1, 0.15) is 0 Å². The fourth-order valence-electron chi connectivity index (χ4n) is 2.91. The lowest BCUT2D eigenvalue weighted by Gasteiger charge is -2.18. The molecule has 0 aliphatic rings. The molecule has 7 heteroatoms. The van der Waals surface area contributed by atoms with Gasteiger partial charge in [-0.3, -0.25) is 9.69 Å². The van der Waals surface area contributed by atoms with Crippen molar-refractivity contribution in [2.45, 2.75) is 31.2 Å². The molecule has 2 aromatic carbocycles. The smallest absolute Gasteiger partial charge is 0.230 e. The van der Waals surface area contributed by atoms with Crippen LogP contribution in [0, 0.1) is 0 Å². The Labute approximate surface area is 171 Å². The van der Waals surface area contributed by atoms with E-state index < -0.39 is 0 Å². The van der Waals surface area contributed by atoms with E-state index in [0.717, 1.165) is 34.0 Å². The fourth-order valence-corrected chi connectivity index (χ4v) is 4.68. The molecule has 0 spiro atoms. The van der Waals surface area contributed by atoms with Gasteiger partial charge >= 0.3 is 0 Å².